The van der Waals surface area contributed by atoms with E-state index in [4.69, 9.17) is 16.3 Å². The lowest BCUT2D eigenvalue weighted by atomic mass is 10.1. The third kappa shape index (κ3) is 2.67. The molecule has 0 amide bonds. The van der Waals surface area contributed by atoms with Crippen LogP contribution in [0.2, 0.25) is 5.02 Å². The fourth-order valence-corrected chi connectivity index (χ4v) is 2.19. The molecule has 1 aromatic carbocycles. The fraction of sp³-hybridized carbons (Fsp3) is 0.500. The summed E-state index contributed by atoms with van der Waals surface area (Å²) in [5, 5.41) is 10.4. The number of phenols is 1. The van der Waals surface area contributed by atoms with Gasteiger partial charge in [-0.25, -0.2) is 0 Å². The SMILES string of the molecule is CC1CN(Cc2c(O)cccc2Cl)CCO1. The number of hydrogen-bond acceptors (Lipinski definition) is 3. The number of hydrogen-bond donors (Lipinski definition) is 1. The van der Waals surface area contributed by atoms with Gasteiger partial charge in [-0.2, -0.15) is 0 Å². The highest BCUT2D eigenvalue weighted by atomic mass is 35.5. The van der Waals surface area contributed by atoms with E-state index in [9.17, 15) is 5.11 Å². The predicted molar refractivity (Wildman–Crippen MR) is 63.8 cm³/mol. The highest BCUT2D eigenvalue weighted by Gasteiger charge is 2.18. The van der Waals surface area contributed by atoms with Gasteiger partial charge in [-0.15, -0.1) is 0 Å². The standard InChI is InChI=1S/C12H16ClNO2/c1-9-7-14(5-6-16-9)8-10-11(13)3-2-4-12(10)15/h2-4,9,15H,5-8H2,1H3. The summed E-state index contributed by atoms with van der Waals surface area (Å²) in [6, 6.07) is 5.23. The van der Waals surface area contributed by atoms with Crippen LogP contribution in [0.3, 0.4) is 0 Å². The summed E-state index contributed by atoms with van der Waals surface area (Å²) < 4.78 is 5.47. The molecule has 1 aliphatic rings. The van der Waals surface area contributed by atoms with Crippen molar-refractivity contribution in [3.8, 4) is 5.75 Å². The van der Waals surface area contributed by atoms with Gasteiger partial charge in [0.25, 0.3) is 0 Å². The van der Waals surface area contributed by atoms with E-state index in [1.165, 1.54) is 0 Å². The zero-order valence-electron chi connectivity index (χ0n) is 9.32. The van der Waals surface area contributed by atoms with Crippen molar-refractivity contribution >= 4 is 11.6 Å². The van der Waals surface area contributed by atoms with E-state index in [0.717, 1.165) is 25.3 Å². The first-order chi connectivity index (χ1) is 7.66. The van der Waals surface area contributed by atoms with Crippen molar-refractivity contribution in [3.05, 3.63) is 28.8 Å². The minimum atomic E-state index is 0.249. The molecule has 16 heavy (non-hydrogen) atoms. The van der Waals surface area contributed by atoms with Gasteiger partial charge in [-0.1, -0.05) is 17.7 Å². The number of ether oxygens (including phenoxy) is 1. The first-order valence-electron chi connectivity index (χ1n) is 5.47. The molecule has 88 valence electrons. The van der Waals surface area contributed by atoms with E-state index in [0.29, 0.717) is 11.6 Å². The van der Waals surface area contributed by atoms with Crippen molar-refractivity contribution < 1.29 is 9.84 Å². The van der Waals surface area contributed by atoms with Gasteiger partial charge in [-0.05, 0) is 19.1 Å². The summed E-state index contributed by atoms with van der Waals surface area (Å²) >= 11 is 6.07. The van der Waals surface area contributed by atoms with Crippen LogP contribution >= 0.6 is 11.6 Å². The Balaban J connectivity index is 2.08. The van der Waals surface area contributed by atoms with Gasteiger partial charge in [0, 0.05) is 30.2 Å². The molecule has 0 radical (unpaired) electrons. The average molecular weight is 242 g/mol. The third-order valence-electron chi connectivity index (χ3n) is 2.80. The molecular weight excluding hydrogens is 226 g/mol. The Morgan fingerprint density at radius 3 is 3.06 bits per heavy atom. The summed E-state index contributed by atoms with van der Waals surface area (Å²) in [6.45, 7) is 5.24. The average Bonchev–Trinajstić information content (AvgIpc) is 2.24. The lowest BCUT2D eigenvalue weighted by molar-refractivity contribution is -0.0213. The van der Waals surface area contributed by atoms with Crippen molar-refractivity contribution in [1.29, 1.82) is 0 Å². The van der Waals surface area contributed by atoms with Crippen molar-refractivity contribution in [2.75, 3.05) is 19.7 Å². The van der Waals surface area contributed by atoms with Crippen LogP contribution in [0.4, 0.5) is 0 Å². The summed E-state index contributed by atoms with van der Waals surface area (Å²) in [5.74, 6) is 0.270. The van der Waals surface area contributed by atoms with Crippen LogP contribution in [0.15, 0.2) is 18.2 Å². The van der Waals surface area contributed by atoms with E-state index in [-0.39, 0.29) is 11.9 Å². The second-order valence-corrected chi connectivity index (χ2v) is 4.56. The quantitative estimate of drug-likeness (QED) is 0.862. The largest absolute Gasteiger partial charge is 0.508 e. The van der Waals surface area contributed by atoms with Crippen LogP contribution in [0.5, 0.6) is 5.75 Å². The Morgan fingerprint density at radius 1 is 1.56 bits per heavy atom. The number of benzene rings is 1. The number of phenolic OH excluding ortho intramolecular Hbond substituents is 1. The second-order valence-electron chi connectivity index (χ2n) is 4.15. The van der Waals surface area contributed by atoms with Gasteiger partial charge < -0.3 is 9.84 Å². The Morgan fingerprint density at radius 2 is 2.38 bits per heavy atom. The summed E-state index contributed by atoms with van der Waals surface area (Å²) in [7, 11) is 0. The minimum Gasteiger partial charge on any atom is -0.508 e. The van der Waals surface area contributed by atoms with E-state index in [1.807, 2.05) is 0 Å². The Hall–Kier alpha value is -0.770. The molecule has 1 fully saturated rings. The zero-order chi connectivity index (χ0) is 11.5. The van der Waals surface area contributed by atoms with Gasteiger partial charge >= 0.3 is 0 Å². The normalized spacial score (nSPS) is 22.2. The fourth-order valence-electron chi connectivity index (χ4n) is 1.96. The Kier molecular flexibility index (Phi) is 3.69. The number of halogens is 1. The summed E-state index contributed by atoms with van der Waals surface area (Å²) in [4.78, 5) is 2.25. The molecule has 1 saturated heterocycles. The van der Waals surface area contributed by atoms with Crippen LogP contribution in [0.25, 0.3) is 0 Å². The second kappa shape index (κ2) is 5.04. The molecule has 1 atom stereocenters. The molecule has 3 nitrogen and oxygen atoms in total. The number of rotatable bonds is 2. The molecule has 1 unspecified atom stereocenters. The molecule has 0 saturated carbocycles. The molecule has 1 N–H and O–H groups in total. The maximum atomic E-state index is 9.75. The van der Waals surface area contributed by atoms with Crippen LogP contribution < -0.4 is 0 Å². The van der Waals surface area contributed by atoms with E-state index >= 15 is 0 Å². The maximum absolute atomic E-state index is 9.75. The van der Waals surface area contributed by atoms with E-state index in [2.05, 4.69) is 11.8 Å². The topological polar surface area (TPSA) is 32.7 Å². The predicted octanol–water partition coefficient (Wildman–Crippen LogP) is 2.27. The smallest absolute Gasteiger partial charge is 0.121 e. The highest BCUT2D eigenvalue weighted by molar-refractivity contribution is 6.31. The number of nitrogens with zero attached hydrogens (tertiary/aromatic N) is 1. The lowest BCUT2D eigenvalue weighted by Crippen LogP contribution is -2.40. The van der Waals surface area contributed by atoms with Gasteiger partial charge in [0.1, 0.15) is 5.75 Å². The van der Waals surface area contributed by atoms with Gasteiger partial charge in [0.05, 0.1) is 12.7 Å². The van der Waals surface area contributed by atoms with Gasteiger partial charge in [-0.3, -0.25) is 4.90 Å². The first-order valence-corrected chi connectivity index (χ1v) is 5.85. The third-order valence-corrected chi connectivity index (χ3v) is 3.16. The molecule has 1 aromatic rings. The molecule has 0 bridgehead atoms. The van der Waals surface area contributed by atoms with Crippen molar-refractivity contribution in [3.63, 3.8) is 0 Å². The van der Waals surface area contributed by atoms with Gasteiger partial charge in [0.2, 0.25) is 0 Å². The summed E-state index contributed by atoms with van der Waals surface area (Å²) in [5.41, 5.74) is 0.804. The first kappa shape index (κ1) is 11.7. The molecule has 0 aliphatic carbocycles. The monoisotopic (exact) mass is 241 g/mol. The lowest BCUT2D eigenvalue weighted by Gasteiger charge is -2.31. The number of morpholine rings is 1. The van der Waals surface area contributed by atoms with E-state index < -0.39 is 0 Å². The molecular formula is C12H16ClNO2. The molecule has 2 rings (SSSR count). The molecule has 0 spiro atoms. The van der Waals surface area contributed by atoms with Crippen molar-refractivity contribution in [2.45, 2.75) is 19.6 Å². The number of aromatic hydroxyl groups is 1. The summed E-state index contributed by atoms with van der Waals surface area (Å²) in [6.07, 6.45) is 0.249. The van der Waals surface area contributed by atoms with Crippen LogP contribution in [-0.4, -0.2) is 35.8 Å². The molecule has 1 aliphatic heterocycles. The Labute approximate surface area is 101 Å². The van der Waals surface area contributed by atoms with E-state index in [1.54, 1.807) is 18.2 Å². The van der Waals surface area contributed by atoms with Crippen LogP contribution in [-0.2, 0) is 11.3 Å². The molecule has 0 aromatic heterocycles. The Bertz CT molecular complexity index is 350. The molecule has 4 heteroatoms. The van der Waals surface area contributed by atoms with Crippen LogP contribution in [0, 0.1) is 0 Å². The van der Waals surface area contributed by atoms with Crippen molar-refractivity contribution in [1.82, 2.24) is 4.90 Å². The minimum absolute atomic E-state index is 0.249. The van der Waals surface area contributed by atoms with Crippen molar-refractivity contribution in [2.24, 2.45) is 0 Å². The highest BCUT2D eigenvalue weighted by Crippen LogP contribution is 2.27. The van der Waals surface area contributed by atoms with Gasteiger partial charge in [0.15, 0.2) is 0 Å². The maximum Gasteiger partial charge on any atom is 0.121 e. The van der Waals surface area contributed by atoms with Crippen LogP contribution in [0.1, 0.15) is 12.5 Å². The zero-order valence-corrected chi connectivity index (χ0v) is 10.1. The molecule has 1 heterocycles.